The van der Waals surface area contributed by atoms with Crippen molar-refractivity contribution in [2.75, 3.05) is 0 Å². The van der Waals surface area contributed by atoms with Crippen LogP contribution in [0, 0.1) is 0 Å². The van der Waals surface area contributed by atoms with Crippen molar-refractivity contribution >= 4 is 28.8 Å². The van der Waals surface area contributed by atoms with Crippen molar-refractivity contribution in [3.05, 3.63) is 45.6 Å². The Morgan fingerprint density at radius 1 is 1.44 bits per heavy atom. The number of hydrogen-bond donors (Lipinski definition) is 1. The molecule has 0 radical (unpaired) electrons. The highest BCUT2D eigenvalue weighted by atomic mass is 35.5. The highest BCUT2D eigenvalue weighted by molar-refractivity contribution is 7.09. The Kier molecular flexibility index (Phi) is 3.48. The maximum atomic E-state index is 11.6. The summed E-state index contributed by atoms with van der Waals surface area (Å²) in [5.41, 5.74) is 0.309. The summed E-state index contributed by atoms with van der Waals surface area (Å²) in [6.45, 7) is 0.407. The number of aromatic nitrogens is 2. The van der Waals surface area contributed by atoms with Crippen LogP contribution in [0.2, 0.25) is 5.02 Å². The standard InChI is InChI=1S/C10H8ClN3OS/c11-7-1-2-12-8(5-7)10(15)14-6-9-13-3-4-16-9/h1-5H,6H2,(H,14,15). The molecule has 16 heavy (non-hydrogen) atoms. The summed E-state index contributed by atoms with van der Waals surface area (Å²) < 4.78 is 0. The molecule has 6 heteroatoms. The molecule has 1 N–H and O–H groups in total. The number of hydrogen-bond acceptors (Lipinski definition) is 4. The molecule has 0 saturated carbocycles. The van der Waals surface area contributed by atoms with Crippen molar-refractivity contribution in [3.8, 4) is 0 Å². The van der Waals surface area contributed by atoms with Gasteiger partial charge in [-0.1, -0.05) is 11.6 Å². The van der Waals surface area contributed by atoms with Crippen LogP contribution in [-0.2, 0) is 6.54 Å². The van der Waals surface area contributed by atoms with Gasteiger partial charge in [0.25, 0.3) is 5.91 Å². The van der Waals surface area contributed by atoms with Crippen LogP contribution < -0.4 is 5.32 Å². The molecule has 0 aromatic carbocycles. The van der Waals surface area contributed by atoms with E-state index in [1.54, 1.807) is 12.3 Å². The summed E-state index contributed by atoms with van der Waals surface area (Å²) in [5.74, 6) is -0.252. The molecule has 2 rings (SSSR count). The highest BCUT2D eigenvalue weighted by Gasteiger charge is 2.07. The van der Waals surface area contributed by atoms with Gasteiger partial charge in [-0.25, -0.2) is 4.98 Å². The van der Waals surface area contributed by atoms with Crippen LogP contribution in [0.15, 0.2) is 29.9 Å². The van der Waals surface area contributed by atoms with Crippen molar-refractivity contribution in [3.63, 3.8) is 0 Å². The normalized spacial score (nSPS) is 10.1. The van der Waals surface area contributed by atoms with Crippen LogP contribution in [0.5, 0.6) is 0 Å². The predicted molar refractivity (Wildman–Crippen MR) is 62.5 cm³/mol. The first-order chi connectivity index (χ1) is 7.75. The summed E-state index contributed by atoms with van der Waals surface area (Å²) >= 11 is 7.25. The summed E-state index contributed by atoms with van der Waals surface area (Å²) in [4.78, 5) is 19.6. The fourth-order valence-corrected chi connectivity index (χ4v) is 1.83. The van der Waals surface area contributed by atoms with Crippen LogP contribution in [0.4, 0.5) is 0 Å². The molecule has 2 aromatic rings. The molecular weight excluding hydrogens is 246 g/mol. The Morgan fingerprint density at radius 3 is 3.00 bits per heavy atom. The molecule has 1 amide bonds. The van der Waals surface area contributed by atoms with Gasteiger partial charge in [-0.05, 0) is 12.1 Å². The van der Waals surface area contributed by atoms with Crippen molar-refractivity contribution in [2.24, 2.45) is 0 Å². The first-order valence-corrected chi connectivity index (χ1v) is 5.79. The average Bonchev–Trinajstić information content (AvgIpc) is 2.78. The van der Waals surface area contributed by atoms with Crippen LogP contribution >= 0.6 is 22.9 Å². The van der Waals surface area contributed by atoms with Gasteiger partial charge in [0.15, 0.2) is 0 Å². The topological polar surface area (TPSA) is 54.9 Å². The molecule has 0 unspecified atom stereocenters. The van der Waals surface area contributed by atoms with E-state index in [0.717, 1.165) is 5.01 Å². The van der Waals surface area contributed by atoms with Crippen molar-refractivity contribution < 1.29 is 4.79 Å². The molecule has 0 saturated heterocycles. The van der Waals surface area contributed by atoms with Crippen molar-refractivity contribution in [2.45, 2.75) is 6.54 Å². The van der Waals surface area contributed by atoms with Gasteiger partial charge in [0.05, 0.1) is 6.54 Å². The first kappa shape index (κ1) is 11.0. The number of carbonyl (C=O) groups excluding carboxylic acids is 1. The Hall–Kier alpha value is -1.46. The lowest BCUT2D eigenvalue weighted by molar-refractivity contribution is 0.0946. The minimum atomic E-state index is -0.252. The monoisotopic (exact) mass is 253 g/mol. The number of nitrogens with one attached hydrogen (secondary N) is 1. The smallest absolute Gasteiger partial charge is 0.270 e. The summed E-state index contributed by atoms with van der Waals surface area (Å²) in [6.07, 6.45) is 3.20. The predicted octanol–water partition coefficient (Wildman–Crippen LogP) is 2.12. The van der Waals surface area contributed by atoms with E-state index < -0.39 is 0 Å². The lowest BCUT2D eigenvalue weighted by Gasteiger charge is -2.02. The van der Waals surface area contributed by atoms with Gasteiger partial charge in [0.1, 0.15) is 10.7 Å². The zero-order chi connectivity index (χ0) is 11.4. The van der Waals surface area contributed by atoms with Crippen molar-refractivity contribution in [1.82, 2.24) is 15.3 Å². The van der Waals surface area contributed by atoms with E-state index >= 15 is 0 Å². The van der Waals surface area contributed by atoms with E-state index in [0.29, 0.717) is 17.3 Å². The number of carbonyl (C=O) groups is 1. The average molecular weight is 254 g/mol. The van der Waals surface area contributed by atoms with Crippen molar-refractivity contribution in [1.29, 1.82) is 0 Å². The van der Waals surface area contributed by atoms with E-state index in [1.165, 1.54) is 23.6 Å². The summed E-state index contributed by atoms with van der Waals surface area (Å²) in [7, 11) is 0. The highest BCUT2D eigenvalue weighted by Crippen LogP contribution is 2.08. The molecule has 0 spiro atoms. The van der Waals surface area contributed by atoms with Gasteiger partial charge in [-0.3, -0.25) is 9.78 Å². The summed E-state index contributed by atoms with van der Waals surface area (Å²) in [6, 6.07) is 3.15. The molecule has 4 nitrogen and oxygen atoms in total. The Labute approximate surface area is 101 Å². The second kappa shape index (κ2) is 5.05. The number of halogens is 1. The molecule has 82 valence electrons. The molecule has 0 bridgehead atoms. The van der Waals surface area contributed by atoms with E-state index in [-0.39, 0.29) is 5.91 Å². The van der Waals surface area contributed by atoms with Crippen LogP contribution in [0.1, 0.15) is 15.5 Å². The molecule has 0 aliphatic heterocycles. The minimum absolute atomic E-state index is 0.252. The maximum Gasteiger partial charge on any atom is 0.270 e. The third kappa shape index (κ3) is 2.77. The number of pyridine rings is 1. The Bertz CT molecular complexity index is 487. The molecule has 0 atom stereocenters. The molecule has 2 heterocycles. The number of nitrogens with zero attached hydrogens (tertiary/aromatic N) is 2. The largest absolute Gasteiger partial charge is 0.344 e. The lowest BCUT2D eigenvalue weighted by Crippen LogP contribution is -2.23. The third-order valence-electron chi connectivity index (χ3n) is 1.84. The molecule has 2 aromatic heterocycles. The van der Waals surface area contributed by atoms with Crippen LogP contribution in [0.3, 0.4) is 0 Å². The van der Waals surface area contributed by atoms with Gasteiger partial charge in [-0.15, -0.1) is 11.3 Å². The zero-order valence-corrected chi connectivity index (χ0v) is 9.76. The number of amides is 1. The van der Waals surface area contributed by atoms with Crippen LogP contribution in [-0.4, -0.2) is 15.9 Å². The van der Waals surface area contributed by atoms with E-state index in [2.05, 4.69) is 15.3 Å². The van der Waals surface area contributed by atoms with E-state index in [9.17, 15) is 4.79 Å². The SMILES string of the molecule is O=C(NCc1nccs1)c1cc(Cl)ccn1. The quantitative estimate of drug-likeness (QED) is 0.912. The summed E-state index contributed by atoms with van der Waals surface area (Å²) in [5, 5.41) is 5.93. The lowest BCUT2D eigenvalue weighted by atomic mass is 10.3. The fourth-order valence-electron chi connectivity index (χ4n) is 1.12. The van der Waals surface area contributed by atoms with E-state index in [1.807, 2.05) is 5.38 Å². The van der Waals surface area contributed by atoms with Gasteiger partial charge in [0, 0.05) is 22.8 Å². The third-order valence-corrected chi connectivity index (χ3v) is 2.85. The molecule has 0 aliphatic rings. The second-order valence-electron chi connectivity index (χ2n) is 2.97. The van der Waals surface area contributed by atoms with Gasteiger partial charge in [-0.2, -0.15) is 0 Å². The maximum absolute atomic E-state index is 11.6. The molecule has 0 fully saturated rings. The fraction of sp³-hybridized carbons (Fsp3) is 0.100. The second-order valence-corrected chi connectivity index (χ2v) is 4.38. The van der Waals surface area contributed by atoms with Gasteiger partial charge in [0.2, 0.25) is 0 Å². The van der Waals surface area contributed by atoms with Crippen LogP contribution in [0.25, 0.3) is 0 Å². The molecular formula is C10H8ClN3OS. The first-order valence-electron chi connectivity index (χ1n) is 4.54. The van der Waals surface area contributed by atoms with Gasteiger partial charge >= 0.3 is 0 Å². The molecule has 0 aliphatic carbocycles. The Morgan fingerprint density at radius 2 is 2.31 bits per heavy atom. The van der Waals surface area contributed by atoms with E-state index in [4.69, 9.17) is 11.6 Å². The van der Waals surface area contributed by atoms with Gasteiger partial charge < -0.3 is 5.32 Å². The Balaban J connectivity index is 1.98. The zero-order valence-electron chi connectivity index (χ0n) is 8.18. The minimum Gasteiger partial charge on any atom is -0.344 e. The number of rotatable bonds is 3. The number of thiazole rings is 1.